The molecule has 0 amide bonds. The van der Waals surface area contributed by atoms with Gasteiger partial charge in [0.1, 0.15) is 91.6 Å². The molecule has 440 valence electrons. The molecule has 8 fully saturated rings. The fourth-order valence-corrected chi connectivity index (χ4v) is 16.0. The third kappa shape index (κ3) is 10.6. The van der Waals surface area contributed by atoms with Crippen LogP contribution in [0.25, 0.3) is 0 Å². The molecule has 23 nitrogen and oxygen atoms in total. The van der Waals surface area contributed by atoms with Crippen LogP contribution in [0.4, 0.5) is 0 Å². The minimum atomic E-state index is -1.82. The van der Waals surface area contributed by atoms with E-state index < -0.39 is 165 Å². The lowest BCUT2D eigenvalue weighted by molar-refractivity contribution is -0.378. The highest BCUT2D eigenvalue weighted by Crippen LogP contribution is 2.76. The summed E-state index contributed by atoms with van der Waals surface area (Å²) in [5, 5.41) is 161. The molecular formula is C53H90O23. The van der Waals surface area contributed by atoms with Crippen molar-refractivity contribution in [3.05, 3.63) is 11.6 Å². The van der Waals surface area contributed by atoms with Crippen LogP contribution in [0.3, 0.4) is 0 Å². The lowest BCUT2D eigenvalue weighted by Crippen LogP contribution is -2.68. The molecule has 4 aliphatic heterocycles. The van der Waals surface area contributed by atoms with Crippen LogP contribution in [-0.4, -0.2) is 244 Å². The molecule has 0 aromatic carbocycles. The smallest absolute Gasteiger partial charge is 0.187 e. The lowest BCUT2D eigenvalue weighted by Gasteiger charge is -2.71. The zero-order valence-electron chi connectivity index (χ0n) is 44.9. The summed E-state index contributed by atoms with van der Waals surface area (Å²) >= 11 is 0. The van der Waals surface area contributed by atoms with Gasteiger partial charge in [0.2, 0.25) is 0 Å². The summed E-state index contributed by atoms with van der Waals surface area (Å²) in [7, 11) is 0. The largest absolute Gasteiger partial charge is 0.394 e. The first-order chi connectivity index (χ1) is 35.6. The predicted molar refractivity (Wildman–Crippen MR) is 262 cm³/mol. The first-order valence-electron chi connectivity index (χ1n) is 27.5. The summed E-state index contributed by atoms with van der Waals surface area (Å²) in [6, 6.07) is 0. The van der Waals surface area contributed by atoms with Crippen LogP contribution >= 0.6 is 0 Å². The summed E-state index contributed by atoms with van der Waals surface area (Å²) in [5.74, 6) is -0.556. The molecule has 4 saturated heterocycles. The van der Waals surface area contributed by atoms with Gasteiger partial charge < -0.3 is 114 Å². The molecule has 0 spiro atoms. The zero-order valence-corrected chi connectivity index (χ0v) is 44.9. The van der Waals surface area contributed by atoms with E-state index in [1.807, 2.05) is 19.9 Å². The Kier molecular flexibility index (Phi) is 18.6. The Balaban J connectivity index is 1.02. The number of rotatable bonds is 16. The maximum atomic E-state index is 12.8. The van der Waals surface area contributed by atoms with Gasteiger partial charge in [-0.25, -0.2) is 0 Å². The van der Waals surface area contributed by atoms with E-state index in [-0.39, 0.29) is 47.7 Å². The lowest BCUT2D eigenvalue weighted by atomic mass is 9.35. The third-order valence-electron chi connectivity index (χ3n) is 20.7. The number of ether oxygens (including phenoxy) is 8. The van der Waals surface area contributed by atoms with Crippen molar-refractivity contribution in [1.29, 1.82) is 0 Å². The average molecular weight is 1100 g/mol. The molecule has 0 radical (unpaired) electrons. The first-order valence-corrected chi connectivity index (χ1v) is 27.5. The molecule has 0 aromatic rings. The van der Waals surface area contributed by atoms with Gasteiger partial charge in [0.05, 0.1) is 50.8 Å². The molecule has 76 heavy (non-hydrogen) atoms. The number of hydrogen-bond acceptors (Lipinski definition) is 23. The topological polar surface area (TPSA) is 377 Å². The minimum Gasteiger partial charge on any atom is -0.394 e. The van der Waals surface area contributed by atoms with Crippen molar-refractivity contribution in [2.45, 2.75) is 241 Å². The summed E-state index contributed by atoms with van der Waals surface area (Å²) in [6.45, 7) is 12.6. The number of hydrogen-bond donors (Lipinski definition) is 15. The molecule has 4 saturated carbocycles. The van der Waals surface area contributed by atoms with Crippen molar-refractivity contribution in [3.8, 4) is 0 Å². The van der Waals surface area contributed by atoms with Crippen molar-refractivity contribution in [2.24, 2.45) is 45.3 Å². The minimum absolute atomic E-state index is 0.0251. The third-order valence-corrected chi connectivity index (χ3v) is 20.7. The molecule has 0 aromatic heterocycles. The molecule has 29 atom stereocenters. The van der Waals surface area contributed by atoms with E-state index in [1.165, 1.54) is 0 Å². The molecule has 23 heteroatoms. The van der Waals surface area contributed by atoms with Gasteiger partial charge in [-0.3, -0.25) is 0 Å². The van der Waals surface area contributed by atoms with E-state index in [4.69, 9.17) is 37.9 Å². The van der Waals surface area contributed by atoms with Crippen LogP contribution in [0.1, 0.15) is 106 Å². The predicted octanol–water partition coefficient (Wildman–Crippen LogP) is -2.59. The Morgan fingerprint density at radius 3 is 1.82 bits per heavy atom. The molecular weight excluding hydrogens is 1000 g/mol. The van der Waals surface area contributed by atoms with Crippen LogP contribution in [0.2, 0.25) is 0 Å². The van der Waals surface area contributed by atoms with E-state index in [2.05, 4.69) is 34.6 Å². The summed E-state index contributed by atoms with van der Waals surface area (Å²) in [5.41, 5.74) is -2.03. The normalized spacial score (nSPS) is 52.6. The van der Waals surface area contributed by atoms with E-state index >= 15 is 0 Å². The van der Waals surface area contributed by atoms with E-state index in [0.29, 0.717) is 38.5 Å². The van der Waals surface area contributed by atoms with E-state index in [9.17, 15) is 76.6 Å². The standard InChI is InChI=1S/C53H90O23/c1-23(18-54)9-8-13-53(7,76-47-43(68)39(64)37(62)29(73-47)22-70-45-41(66)34(59)26(58)21-69-45)24-10-15-52(6)33(24)25(57)17-31-50(4)14-12-32(49(2,3)30(50)11-16-51(31,52)5)74-48-44(40(65)36(61)28(20-56)72-48)75-46-42(67)38(63)35(60)27(19-55)71-46/h9,24-48,54-68H,8,10-22H2,1-7H3/b23-9+/t24?,25?,26-,27-,28-,29-,30?,31?,32?,33?,34+,35-,36-,37-,38+,39+,40+,41-,42-,43-,44-,45-,46+,47+,48+,50?,51?,52?,53?/m1/s1. The quantitative estimate of drug-likeness (QED) is 0.0557. The van der Waals surface area contributed by atoms with Crippen LogP contribution in [0.5, 0.6) is 0 Å². The maximum absolute atomic E-state index is 12.8. The van der Waals surface area contributed by atoms with E-state index in [1.54, 1.807) is 0 Å². The van der Waals surface area contributed by atoms with Crippen molar-refractivity contribution in [2.75, 3.05) is 33.0 Å². The highest BCUT2D eigenvalue weighted by molar-refractivity contribution is 5.21. The number of aliphatic hydroxyl groups excluding tert-OH is 15. The van der Waals surface area contributed by atoms with Crippen LogP contribution < -0.4 is 0 Å². The molecule has 8 rings (SSSR count). The zero-order chi connectivity index (χ0) is 55.8. The second-order valence-electron chi connectivity index (χ2n) is 25.2. The fourth-order valence-electron chi connectivity index (χ4n) is 16.0. The van der Waals surface area contributed by atoms with Gasteiger partial charge in [0.25, 0.3) is 0 Å². The Morgan fingerprint density at radius 1 is 0.592 bits per heavy atom. The van der Waals surface area contributed by atoms with Crippen LogP contribution in [0.15, 0.2) is 11.6 Å². The Hall–Kier alpha value is -1.18. The number of aliphatic hydroxyl groups is 15. The van der Waals surface area contributed by atoms with Gasteiger partial charge in [-0.15, -0.1) is 0 Å². The van der Waals surface area contributed by atoms with Crippen LogP contribution in [-0.2, 0) is 37.9 Å². The van der Waals surface area contributed by atoms with Crippen molar-refractivity contribution >= 4 is 0 Å². The monoisotopic (exact) mass is 1090 g/mol. The van der Waals surface area contributed by atoms with Gasteiger partial charge in [0, 0.05) is 0 Å². The van der Waals surface area contributed by atoms with Gasteiger partial charge >= 0.3 is 0 Å². The highest BCUT2D eigenvalue weighted by atomic mass is 16.8. The van der Waals surface area contributed by atoms with Crippen LogP contribution in [0, 0.1) is 45.3 Å². The first kappa shape index (κ1) is 60.9. The second-order valence-corrected chi connectivity index (χ2v) is 25.2. The molecule has 15 N–H and O–H groups in total. The highest BCUT2D eigenvalue weighted by Gasteiger charge is 2.72. The molecule has 10 unspecified atom stereocenters. The molecule has 4 heterocycles. The van der Waals surface area contributed by atoms with Gasteiger partial charge in [-0.2, -0.15) is 0 Å². The SMILES string of the molecule is C/C(=C\CCC(C)(O[C@@H]1O[C@H](CO[C@H]2OC[C@@H](O)[C@H](O)[C@H]2O)[C@@H](O)[C@H](O)[C@H]1O)C1CCC2(C)C1C(O)CC1C3(C)CCC(O[C@@H]4O[C@H](CO)[C@@H](O)[C@H](O)[C@H]4O[C@@H]4O[C@H](CO)[C@@H](O)[C@H](O)[C@H]4O)C(C)(C)C3CCC12C)CO. The summed E-state index contributed by atoms with van der Waals surface area (Å²) in [4.78, 5) is 0. The second kappa shape index (κ2) is 23.2. The summed E-state index contributed by atoms with van der Waals surface area (Å²) in [6.07, 6.45) is -23.7. The Bertz CT molecular complexity index is 1970. The maximum Gasteiger partial charge on any atom is 0.187 e. The fraction of sp³-hybridized carbons (Fsp3) is 0.962. The molecule has 8 aliphatic rings. The van der Waals surface area contributed by atoms with Crippen molar-refractivity contribution in [3.63, 3.8) is 0 Å². The Labute approximate surface area is 444 Å². The molecule has 0 bridgehead atoms. The van der Waals surface area contributed by atoms with E-state index in [0.717, 1.165) is 24.8 Å². The van der Waals surface area contributed by atoms with Gasteiger partial charge in [0.15, 0.2) is 25.2 Å². The Morgan fingerprint density at radius 2 is 1.17 bits per heavy atom. The van der Waals surface area contributed by atoms with Gasteiger partial charge in [-0.1, -0.05) is 46.3 Å². The number of fused-ring (bicyclic) bond motifs is 5. The summed E-state index contributed by atoms with van der Waals surface area (Å²) < 4.78 is 48.7. The van der Waals surface area contributed by atoms with Crippen molar-refractivity contribution < 1.29 is 114 Å². The molecule has 4 aliphatic carbocycles. The van der Waals surface area contributed by atoms with Gasteiger partial charge in [-0.05, 0) is 117 Å². The van der Waals surface area contributed by atoms with Crippen molar-refractivity contribution in [1.82, 2.24) is 0 Å². The average Bonchev–Trinajstić information content (AvgIpc) is 3.95. The number of allylic oxidation sites excluding steroid dienone is 1.